The minimum atomic E-state index is -0.0696. The van der Waals surface area contributed by atoms with Crippen LogP contribution in [0.5, 0.6) is 0 Å². The average Bonchev–Trinajstić information content (AvgIpc) is 3.46. The predicted molar refractivity (Wildman–Crippen MR) is 101 cm³/mol. The summed E-state index contributed by atoms with van der Waals surface area (Å²) in [7, 11) is 0. The molecule has 1 saturated heterocycles. The Kier molecular flexibility index (Phi) is 4.49. The molecule has 1 amide bonds. The summed E-state index contributed by atoms with van der Waals surface area (Å²) in [6.07, 6.45) is 3.97. The lowest BCUT2D eigenvalue weighted by molar-refractivity contribution is 0.0946. The van der Waals surface area contributed by atoms with Gasteiger partial charge in [-0.2, -0.15) is 0 Å². The number of hydrogen-bond acceptors (Lipinski definition) is 4. The molecule has 25 heavy (non-hydrogen) atoms. The number of halogens is 1. The molecule has 1 saturated carbocycles. The van der Waals surface area contributed by atoms with Gasteiger partial charge in [0, 0.05) is 42.9 Å². The molecule has 1 aliphatic heterocycles. The number of hydrogen-bond donors (Lipinski definition) is 1. The molecule has 0 bridgehead atoms. The second-order valence-electron chi connectivity index (χ2n) is 6.60. The van der Waals surface area contributed by atoms with Crippen LogP contribution in [0.15, 0.2) is 42.6 Å². The normalized spacial score (nSPS) is 17.5. The van der Waals surface area contributed by atoms with E-state index in [0.29, 0.717) is 11.7 Å². The number of nitrogens with one attached hydrogen (secondary N) is 1. The molecule has 0 atom stereocenters. The molecule has 2 aromatic rings. The van der Waals surface area contributed by atoms with E-state index in [1.165, 1.54) is 0 Å². The number of amides is 1. The monoisotopic (exact) mass is 356 g/mol. The number of nitrogens with zero attached hydrogens (tertiary/aromatic N) is 3. The zero-order chi connectivity index (χ0) is 17.2. The van der Waals surface area contributed by atoms with Crippen molar-refractivity contribution in [2.24, 2.45) is 0 Å². The Morgan fingerprint density at radius 1 is 1.04 bits per heavy atom. The average molecular weight is 357 g/mol. The van der Waals surface area contributed by atoms with Gasteiger partial charge in [-0.05, 0) is 43.2 Å². The van der Waals surface area contributed by atoms with Crippen LogP contribution in [0.3, 0.4) is 0 Å². The molecule has 2 aliphatic rings. The van der Waals surface area contributed by atoms with Crippen molar-refractivity contribution >= 4 is 28.9 Å². The zero-order valence-corrected chi connectivity index (χ0v) is 14.7. The summed E-state index contributed by atoms with van der Waals surface area (Å²) < 4.78 is 0. The first kappa shape index (κ1) is 16.2. The molecule has 1 aromatic heterocycles. The lowest BCUT2D eigenvalue weighted by Gasteiger charge is -2.37. The number of carbonyl (C=O) groups excluding carboxylic acids is 1. The molecule has 1 aliphatic carbocycles. The number of anilines is 2. The van der Waals surface area contributed by atoms with Gasteiger partial charge in [0.15, 0.2) is 0 Å². The third kappa shape index (κ3) is 3.87. The Bertz CT molecular complexity index is 752. The van der Waals surface area contributed by atoms with Crippen molar-refractivity contribution < 1.29 is 4.79 Å². The minimum absolute atomic E-state index is 0.0696. The van der Waals surface area contributed by atoms with Gasteiger partial charge in [-0.3, -0.25) is 4.79 Å². The van der Waals surface area contributed by atoms with Crippen molar-refractivity contribution in [3.05, 3.63) is 53.3 Å². The van der Waals surface area contributed by atoms with Crippen molar-refractivity contribution in [2.45, 2.75) is 18.9 Å². The molecule has 1 N–H and O–H groups in total. The van der Waals surface area contributed by atoms with E-state index in [1.54, 1.807) is 6.20 Å². The quantitative estimate of drug-likeness (QED) is 0.915. The van der Waals surface area contributed by atoms with Gasteiger partial charge >= 0.3 is 0 Å². The summed E-state index contributed by atoms with van der Waals surface area (Å²) in [5.41, 5.74) is 2.72. The first-order chi connectivity index (χ1) is 12.2. The van der Waals surface area contributed by atoms with Gasteiger partial charge in [0.25, 0.3) is 5.91 Å². The molecule has 0 spiro atoms. The van der Waals surface area contributed by atoms with Crippen LogP contribution in [0.1, 0.15) is 23.3 Å². The Balaban J connectivity index is 1.36. The van der Waals surface area contributed by atoms with Gasteiger partial charge in [0.05, 0.1) is 11.9 Å². The molecule has 6 heteroatoms. The third-order valence-corrected chi connectivity index (χ3v) is 4.95. The Morgan fingerprint density at radius 3 is 2.36 bits per heavy atom. The van der Waals surface area contributed by atoms with E-state index in [0.717, 1.165) is 55.4 Å². The Hall–Kier alpha value is -2.27. The van der Waals surface area contributed by atoms with Crippen molar-refractivity contribution in [3.63, 3.8) is 0 Å². The number of rotatable bonds is 4. The van der Waals surface area contributed by atoms with E-state index < -0.39 is 0 Å². The molecular formula is C19H21ClN4O. The smallest absolute Gasteiger partial charge is 0.270 e. The number of pyridine rings is 1. The largest absolute Gasteiger partial charge is 0.368 e. The fourth-order valence-corrected chi connectivity index (χ4v) is 3.27. The first-order valence-corrected chi connectivity index (χ1v) is 9.09. The summed E-state index contributed by atoms with van der Waals surface area (Å²) in [5.74, 6) is -0.0696. The standard InChI is InChI=1S/C19H21ClN4O/c20-14-2-1-3-16(12-14)23-8-10-24(11-9-23)17-6-7-18(21-13-17)19(25)22-15-4-5-15/h1-3,6-7,12-13,15H,4-5,8-11H2,(H,22,25). The van der Waals surface area contributed by atoms with Gasteiger partial charge < -0.3 is 15.1 Å². The zero-order valence-electron chi connectivity index (χ0n) is 14.0. The highest BCUT2D eigenvalue weighted by Crippen LogP contribution is 2.23. The van der Waals surface area contributed by atoms with Crippen LogP contribution in [0.25, 0.3) is 0 Å². The van der Waals surface area contributed by atoms with Crippen molar-refractivity contribution in [1.82, 2.24) is 10.3 Å². The van der Waals surface area contributed by atoms with E-state index in [4.69, 9.17) is 11.6 Å². The lowest BCUT2D eigenvalue weighted by Crippen LogP contribution is -2.46. The van der Waals surface area contributed by atoms with Crippen LogP contribution < -0.4 is 15.1 Å². The minimum Gasteiger partial charge on any atom is -0.368 e. The molecule has 1 aromatic carbocycles. The summed E-state index contributed by atoms with van der Waals surface area (Å²) >= 11 is 6.09. The van der Waals surface area contributed by atoms with Gasteiger partial charge in [-0.25, -0.2) is 4.98 Å². The second-order valence-corrected chi connectivity index (χ2v) is 7.04. The van der Waals surface area contributed by atoms with E-state index in [-0.39, 0.29) is 5.91 Å². The van der Waals surface area contributed by atoms with Gasteiger partial charge in [0.2, 0.25) is 0 Å². The molecule has 4 rings (SSSR count). The van der Waals surface area contributed by atoms with Crippen LogP contribution >= 0.6 is 11.6 Å². The molecular weight excluding hydrogens is 336 g/mol. The fraction of sp³-hybridized carbons (Fsp3) is 0.368. The number of benzene rings is 1. The van der Waals surface area contributed by atoms with Crippen LogP contribution in [0.4, 0.5) is 11.4 Å². The van der Waals surface area contributed by atoms with Crippen molar-refractivity contribution in [1.29, 1.82) is 0 Å². The van der Waals surface area contributed by atoms with Crippen molar-refractivity contribution in [3.8, 4) is 0 Å². The SMILES string of the molecule is O=C(NC1CC1)c1ccc(N2CCN(c3cccc(Cl)c3)CC2)cn1. The Labute approximate surface area is 152 Å². The van der Waals surface area contributed by atoms with Crippen LogP contribution in [-0.4, -0.2) is 43.1 Å². The highest BCUT2D eigenvalue weighted by Gasteiger charge is 2.24. The maximum atomic E-state index is 12.0. The summed E-state index contributed by atoms with van der Waals surface area (Å²) in [4.78, 5) is 21.0. The molecule has 2 heterocycles. The number of aromatic nitrogens is 1. The van der Waals surface area contributed by atoms with Crippen LogP contribution in [0.2, 0.25) is 5.02 Å². The summed E-state index contributed by atoms with van der Waals surface area (Å²) in [6, 6.07) is 12.1. The van der Waals surface area contributed by atoms with Gasteiger partial charge in [-0.1, -0.05) is 17.7 Å². The first-order valence-electron chi connectivity index (χ1n) is 8.71. The number of piperazine rings is 1. The maximum Gasteiger partial charge on any atom is 0.270 e. The molecule has 0 radical (unpaired) electrons. The Morgan fingerprint density at radius 2 is 1.76 bits per heavy atom. The third-order valence-electron chi connectivity index (χ3n) is 4.71. The molecule has 0 unspecified atom stereocenters. The molecule has 130 valence electrons. The maximum absolute atomic E-state index is 12.0. The van der Waals surface area contributed by atoms with Gasteiger partial charge in [-0.15, -0.1) is 0 Å². The highest BCUT2D eigenvalue weighted by atomic mass is 35.5. The van der Waals surface area contributed by atoms with Gasteiger partial charge in [0.1, 0.15) is 5.69 Å². The van der Waals surface area contributed by atoms with E-state index >= 15 is 0 Å². The predicted octanol–water partition coefficient (Wildman–Crippen LogP) is 2.95. The fourth-order valence-electron chi connectivity index (χ4n) is 3.09. The van der Waals surface area contributed by atoms with Crippen LogP contribution in [0, 0.1) is 0 Å². The molecule has 2 fully saturated rings. The van der Waals surface area contributed by atoms with Crippen LogP contribution in [-0.2, 0) is 0 Å². The van der Waals surface area contributed by atoms with E-state index in [2.05, 4.69) is 26.2 Å². The van der Waals surface area contributed by atoms with Crippen molar-refractivity contribution in [2.75, 3.05) is 36.0 Å². The summed E-state index contributed by atoms with van der Waals surface area (Å²) in [5, 5.41) is 3.73. The lowest BCUT2D eigenvalue weighted by atomic mass is 10.2. The molecule has 5 nitrogen and oxygen atoms in total. The highest BCUT2D eigenvalue weighted by molar-refractivity contribution is 6.30. The van der Waals surface area contributed by atoms with E-state index in [1.807, 2.05) is 30.3 Å². The van der Waals surface area contributed by atoms with E-state index in [9.17, 15) is 4.79 Å². The number of carbonyl (C=O) groups is 1. The topological polar surface area (TPSA) is 48.5 Å². The summed E-state index contributed by atoms with van der Waals surface area (Å²) in [6.45, 7) is 3.71. The second kappa shape index (κ2) is 6.92.